The molecule has 0 spiro atoms. The molecule has 1 N–H and O–H groups in total. The van der Waals surface area contributed by atoms with E-state index in [4.69, 9.17) is 0 Å². The van der Waals surface area contributed by atoms with Crippen molar-refractivity contribution in [3.05, 3.63) is 35.4 Å². The highest BCUT2D eigenvalue weighted by Gasteiger charge is 2.42. The molecule has 0 bridgehead atoms. The third kappa shape index (κ3) is 2.23. The number of rotatable bonds is 4. The summed E-state index contributed by atoms with van der Waals surface area (Å²) >= 11 is 0. The first kappa shape index (κ1) is 13.3. The first-order chi connectivity index (χ1) is 8.93. The summed E-state index contributed by atoms with van der Waals surface area (Å²) in [7, 11) is 0. The molecule has 0 radical (unpaired) electrons. The molecule has 1 heterocycles. The Morgan fingerprint density at radius 2 is 1.63 bits per heavy atom. The van der Waals surface area contributed by atoms with Gasteiger partial charge in [-0.2, -0.15) is 0 Å². The number of aliphatic carboxylic acids is 1. The maximum absolute atomic E-state index is 12.2. The quantitative estimate of drug-likeness (QED) is 0.838. The fourth-order valence-electron chi connectivity index (χ4n) is 2.25. The van der Waals surface area contributed by atoms with Gasteiger partial charge in [0.1, 0.15) is 6.04 Å². The van der Waals surface area contributed by atoms with E-state index in [0.29, 0.717) is 0 Å². The molecular weight excluding hydrogens is 246 g/mol. The van der Waals surface area contributed by atoms with Crippen LogP contribution in [-0.4, -0.2) is 33.8 Å². The van der Waals surface area contributed by atoms with Gasteiger partial charge in [0.2, 0.25) is 0 Å². The first-order valence-corrected chi connectivity index (χ1v) is 6.13. The van der Waals surface area contributed by atoms with E-state index in [1.54, 1.807) is 24.3 Å². The summed E-state index contributed by atoms with van der Waals surface area (Å²) in [6.45, 7) is 3.71. The molecule has 100 valence electrons. The second kappa shape index (κ2) is 4.84. The minimum Gasteiger partial charge on any atom is -0.480 e. The molecule has 5 nitrogen and oxygen atoms in total. The summed E-state index contributed by atoms with van der Waals surface area (Å²) in [4.78, 5) is 36.5. The SMILES string of the molecule is CC(C)C[C@@H](C(=O)O)N1C(=O)c2ccccc2C1=O. The molecule has 0 saturated heterocycles. The fraction of sp³-hybridized carbons (Fsp3) is 0.357. The average Bonchev–Trinajstić information content (AvgIpc) is 2.60. The molecule has 1 aliphatic rings. The van der Waals surface area contributed by atoms with Crippen LogP contribution < -0.4 is 0 Å². The highest BCUT2D eigenvalue weighted by Crippen LogP contribution is 2.26. The maximum Gasteiger partial charge on any atom is 0.326 e. The van der Waals surface area contributed by atoms with E-state index >= 15 is 0 Å². The van der Waals surface area contributed by atoms with Crippen molar-refractivity contribution in [3.8, 4) is 0 Å². The molecule has 0 aliphatic carbocycles. The zero-order chi connectivity index (χ0) is 14.2. The number of imide groups is 1. The Hall–Kier alpha value is -2.17. The molecule has 1 atom stereocenters. The minimum atomic E-state index is -1.15. The molecule has 5 heteroatoms. The topological polar surface area (TPSA) is 74.7 Å². The van der Waals surface area contributed by atoms with Crippen molar-refractivity contribution in [2.75, 3.05) is 0 Å². The van der Waals surface area contributed by atoms with Crippen molar-refractivity contribution in [1.82, 2.24) is 4.90 Å². The largest absolute Gasteiger partial charge is 0.480 e. The normalized spacial score (nSPS) is 15.8. The molecule has 0 aromatic heterocycles. The number of carboxylic acids is 1. The Balaban J connectivity index is 2.39. The van der Waals surface area contributed by atoms with E-state index in [0.717, 1.165) is 4.90 Å². The van der Waals surface area contributed by atoms with Gasteiger partial charge in [0.25, 0.3) is 11.8 Å². The first-order valence-electron chi connectivity index (χ1n) is 6.13. The van der Waals surface area contributed by atoms with Crippen molar-refractivity contribution in [3.63, 3.8) is 0 Å². The summed E-state index contributed by atoms with van der Waals surface area (Å²) < 4.78 is 0. The van der Waals surface area contributed by atoms with Gasteiger partial charge in [0.05, 0.1) is 11.1 Å². The number of hydrogen-bond donors (Lipinski definition) is 1. The van der Waals surface area contributed by atoms with Crippen LogP contribution in [0.3, 0.4) is 0 Å². The van der Waals surface area contributed by atoms with E-state index in [2.05, 4.69) is 0 Å². The van der Waals surface area contributed by atoms with E-state index < -0.39 is 23.8 Å². The zero-order valence-corrected chi connectivity index (χ0v) is 10.8. The fourth-order valence-corrected chi connectivity index (χ4v) is 2.25. The molecule has 1 aromatic rings. The van der Waals surface area contributed by atoms with Gasteiger partial charge < -0.3 is 5.11 Å². The summed E-state index contributed by atoms with van der Waals surface area (Å²) in [6, 6.07) is 5.30. The second-order valence-corrected chi connectivity index (χ2v) is 5.01. The number of carbonyl (C=O) groups is 3. The monoisotopic (exact) mass is 261 g/mol. The smallest absolute Gasteiger partial charge is 0.326 e. The van der Waals surface area contributed by atoms with E-state index in [-0.39, 0.29) is 23.5 Å². The zero-order valence-electron chi connectivity index (χ0n) is 10.8. The molecule has 1 aromatic carbocycles. The Morgan fingerprint density at radius 1 is 1.16 bits per heavy atom. The molecule has 2 amide bonds. The molecule has 1 aliphatic heterocycles. The predicted octanol–water partition coefficient (Wildman–Crippen LogP) is 1.78. The van der Waals surface area contributed by atoms with Gasteiger partial charge in [-0.15, -0.1) is 0 Å². The van der Waals surface area contributed by atoms with E-state index in [9.17, 15) is 19.5 Å². The Morgan fingerprint density at radius 3 is 2.00 bits per heavy atom. The van der Waals surface area contributed by atoms with Crippen LogP contribution in [0.5, 0.6) is 0 Å². The van der Waals surface area contributed by atoms with Crippen molar-refractivity contribution in [2.45, 2.75) is 26.3 Å². The standard InChI is InChI=1S/C14H15NO4/c1-8(2)7-11(14(18)19)15-12(16)9-5-3-4-6-10(9)13(15)17/h3-6,8,11H,7H2,1-2H3,(H,18,19)/t11-/m0/s1. The maximum atomic E-state index is 12.2. The molecular formula is C14H15NO4. The van der Waals surface area contributed by atoms with Crippen LogP contribution in [0.1, 0.15) is 41.0 Å². The number of fused-ring (bicyclic) bond motifs is 1. The van der Waals surface area contributed by atoms with Crippen molar-refractivity contribution >= 4 is 17.8 Å². The summed E-state index contributed by atoms with van der Waals surface area (Å²) in [5.41, 5.74) is 0.560. The van der Waals surface area contributed by atoms with Gasteiger partial charge in [-0.1, -0.05) is 26.0 Å². The number of hydrogen-bond acceptors (Lipinski definition) is 3. The molecule has 0 unspecified atom stereocenters. The van der Waals surface area contributed by atoms with E-state index in [1.165, 1.54) is 0 Å². The van der Waals surface area contributed by atoms with Crippen molar-refractivity contribution in [2.24, 2.45) is 5.92 Å². The van der Waals surface area contributed by atoms with Crippen LogP contribution in [0.4, 0.5) is 0 Å². The second-order valence-electron chi connectivity index (χ2n) is 5.01. The van der Waals surface area contributed by atoms with Crippen LogP contribution in [0.25, 0.3) is 0 Å². The lowest BCUT2D eigenvalue weighted by Crippen LogP contribution is -2.45. The lowest BCUT2D eigenvalue weighted by Gasteiger charge is -2.23. The Kier molecular flexibility index (Phi) is 3.38. The van der Waals surface area contributed by atoms with Crippen LogP contribution in [0.15, 0.2) is 24.3 Å². The van der Waals surface area contributed by atoms with Crippen molar-refractivity contribution in [1.29, 1.82) is 0 Å². The van der Waals surface area contributed by atoms with Crippen LogP contribution in [0, 0.1) is 5.92 Å². The Bertz CT molecular complexity index is 515. The molecule has 0 saturated carbocycles. The lowest BCUT2D eigenvalue weighted by molar-refractivity contribution is -0.142. The number of carbonyl (C=O) groups excluding carboxylic acids is 2. The number of benzene rings is 1. The van der Waals surface area contributed by atoms with Crippen LogP contribution in [-0.2, 0) is 4.79 Å². The summed E-state index contributed by atoms with van der Waals surface area (Å²) in [5, 5.41) is 9.25. The van der Waals surface area contributed by atoms with Gasteiger partial charge in [0.15, 0.2) is 0 Å². The van der Waals surface area contributed by atoms with E-state index in [1.807, 2.05) is 13.8 Å². The lowest BCUT2D eigenvalue weighted by atomic mass is 10.0. The summed E-state index contributed by atoms with van der Waals surface area (Å²) in [6.07, 6.45) is 0.251. The van der Waals surface area contributed by atoms with Gasteiger partial charge in [-0.25, -0.2) is 4.79 Å². The number of nitrogens with zero attached hydrogens (tertiary/aromatic N) is 1. The van der Waals surface area contributed by atoms with Crippen LogP contribution in [0.2, 0.25) is 0 Å². The molecule has 19 heavy (non-hydrogen) atoms. The summed E-state index contributed by atoms with van der Waals surface area (Å²) in [5.74, 6) is -2.11. The van der Waals surface area contributed by atoms with Crippen molar-refractivity contribution < 1.29 is 19.5 Å². The average molecular weight is 261 g/mol. The predicted molar refractivity (Wildman–Crippen MR) is 67.8 cm³/mol. The van der Waals surface area contributed by atoms with Gasteiger partial charge in [-0.05, 0) is 24.5 Å². The minimum absolute atomic E-state index is 0.0745. The third-order valence-corrected chi connectivity index (χ3v) is 3.12. The van der Waals surface area contributed by atoms with Gasteiger partial charge in [0, 0.05) is 0 Å². The van der Waals surface area contributed by atoms with Gasteiger partial charge in [-0.3, -0.25) is 14.5 Å². The highest BCUT2D eigenvalue weighted by atomic mass is 16.4. The van der Waals surface area contributed by atoms with Crippen LogP contribution >= 0.6 is 0 Å². The number of amides is 2. The number of carboxylic acid groups (broad SMARTS) is 1. The molecule has 0 fully saturated rings. The third-order valence-electron chi connectivity index (χ3n) is 3.12. The van der Waals surface area contributed by atoms with Gasteiger partial charge >= 0.3 is 5.97 Å². The highest BCUT2D eigenvalue weighted by molar-refractivity contribution is 6.22. The molecule has 2 rings (SSSR count). The Labute approximate surface area is 110 Å².